The van der Waals surface area contributed by atoms with E-state index < -0.39 is 0 Å². The van der Waals surface area contributed by atoms with Crippen LogP contribution in [0.1, 0.15) is 43.2 Å². The molecule has 1 aromatic heterocycles. The Morgan fingerprint density at radius 2 is 0.932 bits per heavy atom. The van der Waals surface area contributed by atoms with Crippen LogP contribution in [-0.4, -0.2) is 4.98 Å². The van der Waals surface area contributed by atoms with Crippen molar-refractivity contribution in [3.05, 3.63) is 206 Å². The molecule has 1 spiro atoms. The Balaban J connectivity index is 1.14. The molecule has 7 aromatic carbocycles. The summed E-state index contributed by atoms with van der Waals surface area (Å²) in [6, 6.07) is 67.9. The Labute approximate surface area is 347 Å². The largest absolute Gasteiger partial charge is 0.310 e. The van der Waals surface area contributed by atoms with Gasteiger partial charge in [0.05, 0.1) is 5.69 Å². The molecule has 8 aromatic rings. The van der Waals surface area contributed by atoms with Gasteiger partial charge < -0.3 is 4.90 Å². The monoisotopic (exact) mass is 758 g/mol. The number of nitrogens with zero attached hydrogens (tertiary/aromatic N) is 2. The van der Waals surface area contributed by atoms with Crippen molar-refractivity contribution < 1.29 is 0 Å². The molecule has 0 atom stereocenters. The van der Waals surface area contributed by atoms with E-state index in [1.165, 1.54) is 99.1 Å². The molecule has 0 aliphatic heterocycles. The number of hydrogen-bond acceptors (Lipinski definition) is 2. The Hall–Kier alpha value is -6.51. The summed E-state index contributed by atoms with van der Waals surface area (Å²) in [5, 5.41) is 0. The van der Waals surface area contributed by atoms with Gasteiger partial charge in [-0.05, 0) is 166 Å². The van der Waals surface area contributed by atoms with Gasteiger partial charge in [-0.15, -0.1) is 0 Å². The molecule has 5 aliphatic carbocycles. The minimum absolute atomic E-state index is 0.0392. The lowest BCUT2D eigenvalue weighted by Gasteiger charge is -2.61. The van der Waals surface area contributed by atoms with Crippen LogP contribution >= 0.6 is 0 Å². The maximum atomic E-state index is 4.52. The van der Waals surface area contributed by atoms with Crippen LogP contribution in [0.3, 0.4) is 0 Å². The van der Waals surface area contributed by atoms with Crippen molar-refractivity contribution in [1.29, 1.82) is 0 Å². The molecule has 13 rings (SSSR count). The number of pyridine rings is 1. The second-order valence-electron chi connectivity index (χ2n) is 17.6. The van der Waals surface area contributed by atoms with Gasteiger partial charge in [0.1, 0.15) is 0 Å². The Morgan fingerprint density at radius 1 is 0.390 bits per heavy atom. The lowest BCUT2D eigenvalue weighted by atomic mass is 9.43. The molecule has 2 heteroatoms. The highest BCUT2D eigenvalue weighted by molar-refractivity contribution is 5.98. The number of para-hydroxylation sites is 1. The van der Waals surface area contributed by atoms with E-state index in [9.17, 15) is 0 Å². The fraction of sp³-hybridized carbons (Fsp3) is 0.175. The first kappa shape index (κ1) is 34.5. The maximum absolute atomic E-state index is 4.52. The highest BCUT2D eigenvalue weighted by atomic mass is 15.1. The van der Waals surface area contributed by atoms with Gasteiger partial charge in [0.25, 0.3) is 0 Å². The van der Waals surface area contributed by atoms with Crippen molar-refractivity contribution in [2.45, 2.75) is 37.5 Å². The molecular weight excluding hydrogens is 713 g/mol. The van der Waals surface area contributed by atoms with Gasteiger partial charge in [0.2, 0.25) is 0 Å². The molecule has 1 heterocycles. The van der Waals surface area contributed by atoms with E-state index >= 15 is 0 Å². The van der Waals surface area contributed by atoms with Crippen molar-refractivity contribution in [2.24, 2.45) is 23.7 Å². The summed E-state index contributed by atoms with van der Waals surface area (Å²) in [7, 11) is 0. The summed E-state index contributed by atoms with van der Waals surface area (Å²) in [6.07, 6.45) is 10.7. The summed E-state index contributed by atoms with van der Waals surface area (Å²) < 4.78 is 0. The SMILES string of the molecule is c1ccc(-c2ccc(N(c3cc(-c4ccncc4)c4c(c3)C3(c5cc(-c6ccccc6)ccc5-4)C4CC5CC(C4)CC3C5)c3ccccc3-c3ccccc3)cc2)cc1. The van der Waals surface area contributed by atoms with Crippen molar-refractivity contribution in [2.75, 3.05) is 4.90 Å². The van der Waals surface area contributed by atoms with E-state index in [0.717, 1.165) is 17.5 Å². The van der Waals surface area contributed by atoms with Gasteiger partial charge in [-0.25, -0.2) is 0 Å². The first-order valence-electron chi connectivity index (χ1n) is 21.6. The van der Waals surface area contributed by atoms with Crippen LogP contribution in [0, 0.1) is 23.7 Å². The third-order valence-electron chi connectivity index (χ3n) is 14.5. The standard InChI is InChI=1S/C57H46N2/c1-4-12-40(13-5-1)42-20-23-48(24-21-42)59(55-19-11-10-18-50(55)43-16-8-3-9-17-43)49-36-52(44-26-28-58-29-27-44)56-51-25-22-45(41-14-6-2-7-15-41)35-53(51)57(54(56)37-49)46-31-38-30-39(33-46)34-47(57)32-38/h1-29,35-39,46-47H,30-34H2. The molecule has 0 saturated heterocycles. The highest BCUT2D eigenvalue weighted by Gasteiger charge is 2.62. The second kappa shape index (κ2) is 13.8. The Bertz CT molecular complexity index is 2780. The molecular formula is C57H46N2. The molecule has 4 saturated carbocycles. The number of rotatable bonds is 7. The number of fused-ring (bicyclic) bond motifs is 3. The van der Waals surface area contributed by atoms with Gasteiger partial charge in [-0.1, -0.05) is 133 Å². The van der Waals surface area contributed by atoms with Gasteiger partial charge in [0.15, 0.2) is 0 Å². The Morgan fingerprint density at radius 3 is 1.59 bits per heavy atom. The van der Waals surface area contributed by atoms with Crippen LogP contribution in [0.2, 0.25) is 0 Å². The maximum Gasteiger partial charge on any atom is 0.0540 e. The van der Waals surface area contributed by atoms with Crippen molar-refractivity contribution in [1.82, 2.24) is 4.98 Å². The molecule has 4 fully saturated rings. The number of hydrogen-bond donors (Lipinski definition) is 0. The minimum Gasteiger partial charge on any atom is -0.310 e. The molecule has 0 unspecified atom stereocenters. The highest BCUT2D eigenvalue weighted by Crippen LogP contribution is 2.71. The van der Waals surface area contributed by atoms with Crippen LogP contribution in [-0.2, 0) is 5.41 Å². The number of benzene rings is 7. The lowest BCUT2D eigenvalue weighted by Crippen LogP contribution is -2.55. The zero-order valence-corrected chi connectivity index (χ0v) is 33.2. The van der Waals surface area contributed by atoms with Crippen molar-refractivity contribution in [3.8, 4) is 55.6 Å². The van der Waals surface area contributed by atoms with E-state index in [2.05, 4.69) is 192 Å². The minimum atomic E-state index is -0.0392. The average molecular weight is 759 g/mol. The van der Waals surface area contributed by atoms with E-state index in [1.807, 2.05) is 12.4 Å². The zero-order valence-electron chi connectivity index (χ0n) is 33.2. The molecule has 284 valence electrons. The van der Waals surface area contributed by atoms with Crippen molar-refractivity contribution in [3.63, 3.8) is 0 Å². The topological polar surface area (TPSA) is 16.1 Å². The number of aromatic nitrogens is 1. The molecule has 0 amide bonds. The summed E-state index contributed by atoms with van der Waals surface area (Å²) in [4.78, 5) is 7.06. The van der Waals surface area contributed by atoms with E-state index in [4.69, 9.17) is 0 Å². The van der Waals surface area contributed by atoms with E-state index in [-0.39, 0.29) is 5.41 Å². The van der Waals surface area contributed by atoms with Gasteiger partial charge >= 0.3 is 0 Å². The summed E-state index contributed by atoms with van der Waals surface area (Å²) in [6.45, 7) is 0. The van der Waals surface area contributed by atoms with Crippen molar-refractivity contribution >= 4 is 17.1 Å². The predicted molar refractivity (Wildman–Crippen MR) is 244 cm³/mol. The van der Waals surface area contributed by atoms with E-state index in [0.29, 0.717) is 11.8 Å². The van der Waals surface area contributed by atoms with Gasteiger partial charge in [-0.3, -0.25) is 4.98 Å². The number of anilines is 3. The van der Waals surface area contributed by atoms with Crippen LogP contribution < -0.4 is 4.90 Å². The van der Waals surface area contributed by atoms with Crippen LogP contribution in [0.4, 0.5) is 17.1 Å². The van der Waals surface area contributed by atoms with Crippen LogP contribution in [0.15, 0.2) is 194 Å². The third kappa shape index (κ3) is 5.50. The molecule has 0 radical (unpaired) electrons. The quantitative estimate of drug-likeness (QED) is 0.161. The van der Waals surface area contributed by atoms with Gasteiger partial charge in [0, 0.05) is 34.7 Å². The smallest absolute Gasteiger partial charge is 0.0540 e. The normalized spacial score (nSPS) is 22.0. The fourth-order valence-electron chi connectivity index (χ4n) is 12.4. The lowest BCUT2D eigenvalue weighted by molar-refractivity contribution is -0.0399. The molecule has 5 aliphatic rings. The Kier molecular flexibility index (Phi) is 8.08. The average Bonchev–Trinajstić information content (AvgIpc) is 3.59. The van der Waals surface area contributed by atoms with E-state index in [1.54, 1.807) is 11.1 Å². The second-order valence-corrected chi connectivity index (χ2v) is 17.6. The molecule has 2 nitrogen and oxygen atoms in total. The summed E-state index contributed by atoms with van der Waals surface area (Å²) in [5.41, 5.74) is 19.4. The predicted octanol–water partition coefficient (Wildman–Crippen LogP) is 14.9. The van der Waals surface area contributed by atoms with Crippen LogP contribution in [0.5, 0.6) is 0 Å². The first-order valence-corrected chi connectivity index (χ1v) is 21.6. The summed E-state index contributed by atoms with van der Waals surface area (Å²) >= 11 is 0. The molecule has 4 bridgehead atoms. The van der Waals surface area contributed by atoms with Crippen LogP contribution in [0.25, 0.3) is 55.6 Å². The third-order valence-corrected chi connectivity index (χ3v) is 14.5. The molecule has 59 heavy (non-hydrogen) atoms. The first-order chi connectivity index (χ1) is 29.2. The summed E-state index contributed by atoms with van der Waals surface area (Å²) in [5.74, 6) is 2.96. The van der Waals surface area contributed by atoms with Gasteiger partial charge in [-0.2, -0.15) is 0 Å². The molecule has 0 N–H and O–H groups in total. The fourth-order valence-corrected chi connectivity index (χ4v) is 12.4. The zero-order chi connectivity index (χ0) is 38.9.